The first-order valence-electron chi connectivity index (χ1n) is 3.73. The lowest BCUT2D eigenvalue weighted by atomic mass is 11.5. The van der Waals surface area contributed by atoms with Crippen LogP contribution in [0.3, 0.4) is 0 Å². The zero-order chi connectivity index (χ0) is 22.4. The van der Waals surface area contributed by atoms with Gasteiger partial charge in [0.2, 0.25) is 0 Å². The van der Waals surface area contributed by atoms with Crippen LogP contribution in [0.1, 0.15) is 0 Å². The molecule has 0 spiro atoms. The van der Waals surface area contributed by atoms with E-state index in [2.05, 4.69) is 0 Å². The molecule has 0 aromatic rings. The number of hydrogen-bond acceptors (Lipinski definition) is 9. The molecule has 0 amide bonds. The highest BCUT2D eigenvalue weighted by atomic mass is 32.3. The van der Waals surface area contributed by atoms with E-state index in [9.17, 15) is 0 Å². The van der Waals surface area contributed by atoms with Gasteiger partial charge in [-0.25, -0.2) is 9.36 Å². The lowest BCUT2D eigenvalue weighted by Crippen LogP contribution is -1.90. The molecule has 0 aromatic heterocycles. The van der Waals surface area contributed by atoms with Gasteiger partial charge in [0.25, 0.3) is 5.09 Å². The molecule has 0 radical (unpaired) electrons. The van der Waals surface area contributed by atoms with E-state index in [-0.39, 0.29) is 0 Å². The summed E-state index contributed by atoms with van der Waals surface area (Å²) in [7, 11) is -12.4. The van der Waals surface area contributed by atoms with Crippen LogP contribution in [0.5, 0.6) is 0 Å². The number of carbonyl (C=O) groups is 1. The molecule has 0 aliphatic rings. The van der Waals surface area contributed by atoms with Crippen LogP contribution >= 0.6 is 7.82 Å². The van der Waals surface area contributed by atoms with Crippen molar-refractivity contribution in [2.75, 3.05) is 0 Å². The summed E-state index contributed by atoms with van der Waals surface area (Å²) in [6.45, 7) is 0. The Morgan fingerprint density at radius 1 is 1.12 bits per heavy atom. The van der Waals surface area contributed by atoms with E-state index in [1.54, 1.807) is 0 Å². The minimum Gasteiger partial charge on any atom is -0.511 e. The Labute approximate surface area is 136 Å². The number of hydrogen-bond donors (Lipinski definition) is 11. The van der Waals surface area contributed by atoms with Gasteiger partial charge in [-0.3, -0.25) is 13.6 Å². The Morgan fingerprint density at radius 2 is 1.12 bits per heavy atom. The maximum atomic E-state index is 8.88. The molecule has 0 rings (SSSR count). The molecule has 0 fully saturated rings. The topological polar surface area (TPSA) is 380 Å². The highest BCUT2D eigenvalue weighted by Gasteiger charge is 2.00. The van der Waals surface area contributed by atoms with Gasteiger partial charge in [0.05, 0.1) is 0 Å². The van der Waals surface area contributed by atoms with Crippen molar-refractivity contribution in [2.24, 2.45) is 5.34 Å². The summed E-state index contributed by atoms with van der Waals surface area (Å²) in [5, 5.41) is 35.5. The Hall–Kier alpha value is -2.53. The highest BCUT2D eigenvalue weighted by Crippen LogP contribution is 2.25. The molecule has 0 saturated heterocycles. The Bertz CT molecular complexity index is 433. The summed E-state index contributed by atoms with van der Waals surface area (Å²) < 4.78 is 49.2. The van der Waals surface area contributed by atoms with Gasteiger partial charge in [0.1, 0.15) is 0 Å². The fourth-order valence-electron chi connectivity index (χ4n) is 0. The molecule has 0 atom stereocenters. The molecule has 0 unspecified atom stereocenters. The van der Waals surface area contributed by atoms with Crippen LogP contribution in [-0.4, -0.2) is 82.8 Å². The van der Waals surface area contributed by atoms with Crippen LogP contribution < -0.4 is 0 Å². The van der Waals surface area contributed by atoms with Crippen molar-refractivity contribution in [2.45, 2.75) is 0 Å². The fraction of sp³-hybridized carbons (Fsp3) is 0. The fourth-order valence-corrected chi connectivity index (χ4v) is 0. The molecule has 154 valence electrons. The van der Waals surface area contributed by atoms with Crippen molar-refractivity contribution in [3.05, 3.63) is 15.0 Å². The first kappa shape index (κ1) is 38.2. The average molecular weight is 446 g/mol. The Morgan fingerprint density at radius 3 is 1.12 bits per heavy atom. The zero-order valence-corrected chi connectivity index (χ0v) is 13.6. The molecular formula is CH11N2O19PSSi. The van der Waals surface area contributed by atoms with Gasteiger partial charge in [-0.05, 0) is 0 Å². The number of rotatable bonds is 0. The molecule has 0 saturated carbocycles. The minimum atomic E-state index is -4.67. The van der Waals surface area contributed by atoms with Gasteiger partial charge in [0, 0.05) is 0 Å². The highest BCUT2D eigenvalue weighted by molar-refractivity contribution is 7.79. The Balaban J connectivity index is -0.0000000437. The van der Waals surface area contributed by atoms with Crippen LogP contribution in [-0.2, 0) is 19.4 Å². The summed E-state index contributed by atoms with van der Waals surface area (Å²) in [6.07, 6.45) is -1.83. The normalized spacial score (nSPS) is 8.04. The van der Waals surface area contributed by atoms with Crippen molar-refractivity contribution in [3.63, 3.8) is 0 Å². The maximum absolute atomic E-state index is 8.88. The number of nitrogens with zero attached hydrogens (tertiary/aromatic N) is 2. The third kappa shape index (κ3) is 1270. The first-order valence-corrected chi connectivity index (χ1v) is 8.00. The van der Waals surface area contributed by atoms with E-state index in [0.717, 1.165) is 0 Å². The van der Waals surface area contributed by atoms with Crippen LogP contribution in [0.25, 0.3) is 0 Å². The lowest BCUT2D eigenvalue weighted by molar-refractivity contribution is -0.742. The third-order valence-corrected chi connectivity index (χ3v) is 0. The van der Waals surface area contributed by atoms with Crippen LogP contribution in [0.15, 0.2) is 5.34 Å². The van der Waals surface area contributed by atoms with Crippen molar-refractivity contribution >= 4 is 33.5 Å². The molecule has 0 aromatic carbocycles. The van der Waals surface area contributed by atoms with Crippen LogP contribution in [0.2, 0.25) is 0 Å². The second kappa shape index (κ2) is 23.7. The summed E-state index contributed by atoms with van der Waals surface area (Å²) in [4.78, 5) is 60.9. The van der Waals surface area contributed by atoms with E-state index in [1.807, 2.05) is 0 Å². The van der Waals surface area contributed by atoms with E-state index < -0.39 is 38.6 Å². The zero-order valence-electron chi connectivity index (χ0n) is 10.9. The molecule has 0 aliphatic heterocycles. The molecule has 0 heterocycles. The molecule has 0 bridgehead atoms. The van der Waals surface area contributed by atoms with Crippen LogP contribution in [0, 0.1) is 15.0 Å². The number of phosphoric acid groups is 1. The monoisotopic (exact) mass is 446 g/mol. The van der Waals surface area contributed by atoms with Crippen molar-refractivity contribution < 1.29 is 81.3 Å². The Kier molecular flexibility index (Phi) is 36.2. The van der Waals surface area contributed by atoms with Crippen LogP contribution in [0.4, 0.5) is 4.79 Å². The molecule has 21 nitrogen and oxygen atoms in total. The largest absolute Gasteiger partial charge is 0.761 e. The van der Waals surface area contributed by atoms with Gasteiger partial charge in [-0.1, -0.05) is 0 Å². The lowest BCUT2D eigenvalue weighted by Gasteiger charge is -1.82. The SMILES string of the molecule is O=C(O)O.O=NO.O=P(O)(O)O.O=S(=O)(O)O.O=[N+]([O-])O.O=[Si](O)O. The third-order valence-electron chi connectivity index (χ3n) is 0. The summed E-state index contributed by atoms with van der Waals surface area (Å²) in [6, 6.07) is 0. The second-order valence-corrected chi connectivity index (χ2v) is 4.33. The standard InChI is InChI=1S/CH2O3.HNO3.HNO2.H3O4P.H2O4S.H2O3Si/c2*2-1(3)4;2-1-3;2*1-5(2,3)4;1-4(2)3/h(H2,2,3,4);(H,2,3,4);(H,2,3);(H3,1,2,3,4);(H2,1,2,3,4);1-2H. The molecule has 11 N–H and O–H groups in total. The average Bonchev–Trinajstić information content (AvgIpc) is 2.07. The quantitative estimate of drug-likeness (QED) is 0.0436. The van der Waals surface area contributed by atoms with Gasteiger partial charge in [0.15, 0.2) is 5.34 Å². The van der Waals surface area contributed by atoms with Gasteiger partial charge < -0.3 is 44.9 Å². The first-order chi connectivity index (χ1) is 10.6. The predicted molar refractivity (Wildman–Crippen MR) is 66.3 cm³/mol. The minimum absolute atomic E-state index is 1.25. The van der Waals surface area contributed by atoms with Crippen molar-refractivity contribution in [1.29, 1.82) is 0 Å². The summed E-state index contributed by atoms with van der Waals surface area (Å²) >= 11 is 0. The van der Waals surface area contributed by atoms with E-state index in [4.69, 9.17) is 91.3 Å². The summed E-state index contributed by atoms with van der Waals surface area (Å²) in [5.41, 5.74) is 0. The van der Waals surface area contributed by atoms with Crippen molar-refractivity contribution in [1.82, 2.24) is 0 Å². The smallest absolute Gasteiger partial charge is 0.511 e. The van der Waals surface area contributed by atoms with Gasteiger partial charge in [-0.2, -0.15) is 8.42 Å². The molecule has 25 heavy (non-hydrogen) atoms. The molecule has 0 aliphatic carbocycles. The van der Waals surface area contributed by atoms with E-state index in [1.165, 1.54) is 5.34 Å². The predicted octanol–water partition coefficient (Wildman–Crippen LogP) is -3.18. The van der Waals surface area contributed by atoms with Crippen molar-refractivity contribution in [3.8, 4) is 0 Å². The van der Waals surface area contributed by atoms with Gasteiger partial charge in [-0.15, -0.1) is 15.0 Å². The number of carboxylic acid groups (broad SMARTS) is 2. The second-order valence-electron chi connectivity index (χ2n) is 1.85. The maximum Gasteiger partial charge on any atom is 0.761 e. The van der Waals surface area contributed by atoms with E-state index in [0.29, 0.717) is 0 Å². The molecule has 24 heteroatoms. The molecular weight excluding hydrogens is 435 g/mol. The summed E-state index contributed by atoms with van der Waals surface area (Å²) in [5.74, 6) is 0. The van der Waals surface area contributed by atoms with E-state index >= 15 is 0 Å². The van der Waals surface area contributed by atoms with Gasteiger partial charge >= 0.3 is 33.5 Å².